The number of carbonyl (C=O) groups excluding carboxylic acids is 2. The van der Waals surface area contributed by atoms with Gasteiger partial charge in [-0.25, -0.2) is 4.39 Å². The Labute approximate surface area is 174 Å². The van der Waals surface area contributed by atoms with Crippen LogP contribution in [0.25, 0.3) is 0 Å². The molecule has 7 nitrogen and oxygen atoms in total. The summed E-state index contributed by atoms with van der Waals surface area (Å²) in [4.78, 5) is 28.2. The van der Waals surface area contributed by atoms with Gasteiger partial charge < -0.3 is 20.3 Å². The number of amides is 2. The van der Waals surface area contributed by atoms with Gasteiger partial charge in [-0.05, 0) is 50.2 Å². The number of halogens is 1. The topological polar surface area (TPSA) is 99.7 Å². The van der Waals surface area contributed by atoms with Gasteiger partial charge in [0.2, 0.25) is 5.91 Å². The van der Waals surface area contributed by atoms with Crippen molar-refractivity contribution in [1.82, 2.24) is 4.90 Å². The number of ether oxygens (including phenoxy) is 1. The molecule has 0 radical (unpaired) electrons. The highest BCUT2D eigenvalue weighted by Crippen LogP contribution is 2.26. The molecule has 2 amide bonds. The number of nitrogens with zero attached hydrogens (tertiary/aromatic N) is 3. The molecular weight excluding hydrogens is 387 g/mol. The molecule has 1 fully saturated rings. The molecular formula is C22H23FN4O3. The molecule has 2 aromatic rings. The summed E-state index contributed by atoms with van der Waals surface area (Å²) in [5.74, 6) is -0.967. The number of hydrogen-bond donors (Lipinski definition) is 1. The second-order valence-corrected chi connectivity index (χ2v) is 7.30. The van der Waals surface area contributed by atoms with Gasteiger partial charge >= 0.3 is 0 Å². The Balaban J connectivity index is 1.77. The van der Waals surface area contributed by atoms with Crippen molar-refractivity contribution in [3.63, 3.8) is 0 Å². The van der Waals surface area contributed by atoms with E-state index in [-0.39, 0.29) is 28.7 Å². The molecule has 1 aliphatic heterocycles. The van der Waals surface area contributed by atoms with Gasteiger partial charge in [-0.3, -0.25) is 9.59 Å². The monoisotopic (exact) mass is 410 g/mol. The largest absolute Gasteiger partial charge is 0.490 e. The van der Waals surface area contributed by atoms with Crippen LogP contribution in [-0.2, 0) is 0 Å². The lowest BCUT2D eigenvalue weighted by Crippen LogP contribution is -2.49. The number of piperazine rings is 1. The van der Waals surface area contributed by atoms with Crippen LogP contribution in [0.3, 0.4) is 0 Å². The van der Waals surface area contributed by atoms with E-state index in [2.05, 4.69) is 0 Å². The van der Waals surface area contributed by atoms with E-state index >= 15 is 0 Å². The molecule has 0 bridgehead atoms. The highest BCUT2D eigenvalue weighted by Gasteiger charge is 2.26. The standard InChI is InChI=1S/C22H23FN4O3/c1-14(2)30-20-6-4-16(21(25)28)12-17(20)22(29)27-9-7-26(8-10-27)19-5-3-15(13-24)11-18(19)23/h3-6,11-12,14H,7-10H2,1-2H3,(H2,25,28). The molecule has 156 valence electrons. The molecule has 1 saturated heterocycles. The summed E-state index contributed by atoms with van der Waals surface area (Å²) in [5.41, 5.74) is 6.53. The van der Waals surface area contributed by atoms with Crippen molar-refractivity contribution in [2.24, 2.45) is 5.73 Å². The summed E-state index contributed by atoms with van der Waals surface area (Å²) in [6, 6.07) is 10.8. The van der Waals surface area contributed by atoms with Crippen LogP contribution in [0.5, 0.6) is 5.75 Å². The summed E-state index contributed by atoms with van der Waals surface area (Å²) in [7, 11) is 0. The maximum absolute atomic E-state index is 14.3. The summed E-state index contributed by atoms with van der Waals surface area (Å²) < 4.78 is 20.0. The van der Waals surface area contributed by atoms with Crippen molar-refractivity contribution in [3.8, 4) is 11.8 Å². The maximum Gasteiger partial charge on any atom is 0.257 e. The van der Waals surface area contributed by atoms with Crippen molar-refractivity contribution in [3.05, 3.63) is 58.9 Å². The average Bonchev–Trinajstić information content (AvgIpc) is 2.73. The van der Waals surface area contributed by atoms with Gasteiger partial charge in [-0.15, -0.1) is 0 Å². The average molecular weight is 410 g/mol. The Morgan fingerprint density at radius 1 is 1.13 bits per heavy atom. The van der Waals surface area contributed by atoms with E-state index in [1.807, 2.05) is 24.8 Å². The Morgan fingerprint density at radius 3 is 2.40 bits per heavy atom. The number of carbonyl (C=O) groups is 2. The first-order chi connectivity index (χ1) is 14.3. The minimum absolute atomic E-state index is 0.146. The molecule has 0 aromatic heterocycles. The SMILES string of the molecule is CC(C)Oc1ccc(C(N)=O)cc1C(=O)N1CCN(c2ccc(C#N)cc2F)CC1. The Kier molecular flexibility index (Phi) is 6.21. The summed E-state index contributed by atoms with van der Waals surface area (Å²) in [6.07, 6.45) is -0.146. The molecule has 8 heteroatoms. The molecule has 1 aliphatic rings. The molecule has 0 spiro atoms. The number of rotatable bonds is 5. The van der Waals surface area contributed by atoms with Crippen LogP contribution in [0, 0.1) is 17.1 Å². The van der Waals surface area contributed by atoms with E-state index in [1.165, 1.54) is 18.2 Å². The van der Waals surface area contributed by atoms with Gasteiger partial charge in [0.1, 0.15) is 11.6 Å². The second kappa shape index (κ2) is 8.82. The third-order valence-electron chi connectivity index (χ3n) is 4.84. The summed E-state index contributed by atoms with van der Waals surface area (Å²) in [5, 5.41) is 8.88. The van der Waals surface area contributed by atoms with Gasteiger partial charge in [-0.1, -0.05) is 0 Å². The van der Waals surface area contributed by atoms with Crippen molar-refractivity contribution < 1.29 is 18.7 Å². The normalized spacial score (nSPS) is 13.8. The fraction of sp³-hybridized carbons (Fsp3) is 0.318. The first-order valence-electron chi connectivity index (χ1n) is 9.64. The predicted octanol–water partition coefficient (Wildman–Crippen LogP) is 2.55. The van der Waals surface area contributed by atoms with Gasteiger partial charge in [-0.2, -0.15) is 5.26 Å². The quantitative estimate of drug-likeness (QED) is 0.817. The van der Waals surface area contributed by atoms with Gasteiger partial charge in [0.15, 0.2) is 0 Å². The number of anilines is 1. The molecule has 1 heterocycles. The van der Waals surface area contributed by atoms with Crippen LogP contribution in [0.4, 0.5) is 10.1 Å². The van der Waals surface area contributed by atoms with E-state index in [1.54, 1.807) is 23.1 Å². The van der Waals surface area contributed by atoms with Crippen LogP contribution >= 0.6 is 0 Å². The molecule has 30 heavy (non-hydrogen) atoms. The molecule has 0 saturated carbocycles. The fourth-order valence-electron chi connectivity index (χ4n) is 3.36. The Hall–Kier alpha value is -3.60. The minimum Gasteiger partial charge on any atom is -0.490 e. The lowest BCUT2D eigenvalue weighted by molar-refractivity contribution is 0.0740. The molecule has 2 aromatic carbocycles. The zero-order valence-electron chi connectivity index (χ0n) is 16.9. The number of nitriles is 1. The van der Waals surface area contributed by atoms with Crippen molar-refractivity contribution >= 4 is 17.5 Å². The van der Waals surface area contributed by atoms with Crippen molar-refractivity contribution in [1.29, 1.82) is 5.26 Å². The number of hydrogen-bond acceptors (Lipinski definition) is 5. The second-order valence-electron chi connectivity index (χ2n) is 7.30. The van der Waals surface area contributed by atoms with Gasteiger partial charge in [0.05, 0.1) is 29.0 Å². The zero-order chi connectivity index (χ0) is 21.8. The number of nitrogens with two attached hydrogens (primary N) is 1. The van der Waals surface area contributed by atoms with Crippen LogP contribution < -0.4 is 15.4 Å². The minimum atomic E-state index is -0.624. The van der Waals surface area contributed by atoms with E-state index < -0.39 is 11.7 Å². The highest BCUT2D eigenvalue weighted by molar-refractivity contribution is 6.01. The molecule has 2 N–H and O–H groups in total. The number of primary amides is 1. The lowest BCUT2D eigenvalue weighted by Gasteiger charge is -2.36. The van der Waals surface area contributed by atoms with Crippen LogP contribution in [0.2, 0.25) is 0 Å². The third-order valence-corrected chi connectivity index (χ3v) is 4.84. The highest BCUT2D eigenvalue weighted by atomic mass is 19.1. The third kappa shape index (κ3) is 4.51. The van der Waals surface area contributed by atoms with Crippen molar-refractivity contribution in [2.45, 2.75) is 20.0 Å². The van der Waals surface area contributed by atoms with Crippen LogP contribution in [0.15, 0.2) is 36.4 Å². The number of benzene rings is 2. The fourth-order valence-corrected chi connectivity index (χ4v) is 3.36. The van der Waals surface area contributed by atoms with Crippen LogP contribution in [0.1, 0.15) is 40.1 Å². The molecule has 0 atom stereocenters. The smallest absolute Gasteiger partial charge is 0.257 e. The lowest BCUT2D eigenvalue weighted by atomic mass is 10.1. The van der Waals surface area contributed by atoms with Gasteiger partial charge in [0.25, 0.3) is 5.91 Å². The maximum atomic E-state index is 14.3. The molecule has 0 unspecified atom stereocenters. The first kappa shape index (κ1) is 21.1. The van der Waals surface area contributed by atoms with E-state index in [0.29, 0.717) is 37.6 Å². The summed E-state index contributed by atoms with van der Waals surface area (Å²) >= 11 is 0. The predicted molar refractivity (Wildman–Crippen MR) is 110 cm³/mol. The first-order valence-corrected chi connectivity index (χ1v) is 9.64. The van der Waals surface area contributed by atoms with E-state index in [9.17, 15) is 14.0 Å². The Bertz CT molecular complexity index is 1010. The summed E-state index contributed by atoms with van der Waals surface area (Å²) in [6.45, 7) is 5.32. The van der Waals surface area contributed by atoms with E-state index in [0.717, 1.165) is 0 Å². The van der Waals surface area contributed by atoms with E-state index in [4.69, 9.17) is 15.7 Å². The molecule has 3 rings (SSSR count). The van der Waals surface area contributed by atoms with Crippen molar-refractivity contribution in [2.75, 3.05) is 31.1 Å². The van der Waals surface area contributed by atoms with Crippen LogP contribution in [-0.4, -0.2) is 49.0 Å². The molecule has 0 aliphatic carbocycles. The van der Waals surface area contributed by atoms with Gasteiger partial charge in [0, 0.05) is 31.7 Å². The zero-order valence-corrected chi connectivity index (χ0v) is 16.9. The Morgan fingerprint density at radius 2 is 1.83 bits per heavy atom.